The molecule has 1 heterocycles. The van der Waals surface area contributed by atoms with E-state index in [1.165, 1.54) is 0 Å². The van der Waals surface area contributed by atoms with Gasteiger partial charge in [0.05, 0.1) is 6.54 Å². The normalized spacial score (nSPS) is 11.9. The van der Waals surface area contributed by atoms with Gasteiger partial charge >= 0.3 is 0 Å². The van der Waals surface area contributed by atoms with E-state index in [1.54, 1.807) is 6.20 Å². The summed E-state index contributed by atoms with van der Waals surface area (Å²) < 4.78 is 1.89. The van der Waals surface area contributed by atoms with Crippen molar-refractivity contribution < 1.29 is 4.79 Å². The Bertz CT molecular complexity index is 845. The van der Waals surface area contributed by atoms with Crippen molar-refractivity contribution in [1.29, 1.82) is 0 Å². The predicted octanol–water partition coefficient (Wildman–Crippen LogP) is 3.91. The molecule has 0 unspecified atom stereocenters. The van der Waals surface area contributed by atoms with Gasteiger partial charge in [0.1, 0.15) is 5.82 Å². The molecule has 0 aliphatic carbocycles. The summed E-state index contributed by atoms with van der Waals surface area (Å²) in [5.74, 6) is 0.704. The summed E-state index contributed by atoms with van der Waals surface area (Å²) >= 11 is 6.39. The largest absolute Gasteiger partial charge is 0.349 e. The zero-order chi connectivity index (χ0) is 17.6. The van der Waals surface area contributed by atoms with Gasteiger partial charge in [-0.3, -0.25) is 4.79 Å². The van der Waals surface area contributed by atoms with Crippen LogP contribution < -0.4 is 5.32 Å². The third kappa shape index (κ3) is 4.28. The van der Waals surface area contributed by atoms with Crippen molar-refractivity contribution in [3.8, 4) is 0 Å². The first-order chi connectivity index (χ1) is 12.1. The first-order valence-electron chi connectivity index (χ1n) is 8.17. The second-order valence-electron chi connectivity index (χ2n) is 5.92. The van der Waals surface area contributed by atoms with Crippen molar-refractivity contribution in [3.63, 3.8) is 0 Å². The first-order valence-corrected chi connectivity index (χ1v) is 8.55. The van der Waals surface area contributed by atoms with Crippen LogP contribution in [0.3, 0.4) is 0 Å². The fourth-order valence-corrected chi connectivity index (χ4v) is 3.12. The highest BCUT2D eigenvalue weighted by atomic mass is 35.5. The number of aryl methyl sites for hydroxylation is 1. The Morgan fingerprint density at radius 3 is 2.56 bits per heavy atom. The Balaban J connectivity index is 1.77. The van der Waals surface area contributed by atoms with Crippen molar-refractivity contribution in [2.45, 2.75) is 18.9 Å². The zero-order valence-corrected chi connectivity index (χ0v) is 14.8. The Labute approximate surface area is 152 Å². The summed E-state index contributed by atoms with van der Waals surface area (Å²) in [5.41, 5.74) is 2.03. The summed E-state index contributed by atoms with van der Waals surface area (Å²) in [6.07, 6.45) is 3.91. The molecule has 3 aromatic rings. The maximum absolute atomic E-state index is 12.5. The Morgan fingerprint density at radius 2 is 1.88 bits per heavy atom. The van der Waals surface area contributed by atoms with Crippen molar-refractivity contribution in [2.75, 3.05) is 0 Å². The van der Waals surface area contributed by atoms with E-state index >= 15 is 0 Å². The lowest BCUT2D eigenvalue weighted by Gasteiger charge is -2.19. The van der Waals surface area contributed by atoms with Gasteiger partial charge in [0.15, 0.2) is 0 Å². The minimum absolute atomic E-state index is 0.0308. The van der Waals surface area contributed by atoms with Gasteiger partial charge in [-0.15, -0.1) is 0 Å². The number of nitrogens with one attached hydrogen (secondary N) is 1. The Hall–Kier alpha value is -2.59. The lowest BCUT2D eigenvalue weighted by Crippen LogP contribution is -2.26. The monoisotopic (exact) mass is 353 g/mol. The van der Waals surface area contributed by atoms with E-state index < -0.39 is 0 Å². The van der Waals surface area contributed by atoms with Gasteiger partial charge in [-0.1, -0.05) is 60.1 Å². The number of rotatable bonds is 6. The van der Waals surface area contributed by atoms with Gasteiger partial charge < -0.3 is 9.88 Å². The molecule has 1 atom stereocenters. The molecule has 2 aromatic carbocycles. The first kappa shape index (κ1) is 17.2. The Kier molecular flexibility index (Phi) is 5.51. The van der Waals surface area contributed by atoms with E-state index in [-0.39, 0.29) is 11.8 Å². The molecular weight excluding hydrogens is 334 g/mol. The number of imidazole rings is 1. The molecule has 1 aromatic heterocycles. The van der Waals surface area contributed by atoms with Crippen LogP contribution in [0.2, 0.25) is 5.02 Å². The second kappa shape index (κ2) is 7.99. The van der Waals surface area contributed by atoms with Crippen LogP contribution in [-0.2, 0) is 18.4 Å². The van der Waals surface area contributed by atoms with E-state index in [2.05, 4.69) is 10.3 Å². The maximum atomic E-state index is 12.5. The highest BCUT2D eigenvalue weighted by Gasteiger charge is 2.20. The van der Waals surface area contributed by atoms with Crippen LogP contribution in [0.4, 0.5) is 0 Å². The average molecular weight is 354 g/mol. The number of aromatic nitrogens is 2. The Morgan fingerprint density at radius 1 is 1.16 bits per heavy atom. The van der Waals surface area contributed by atoms with E-state index in [4.69, 9.17) is 11.6 Å². The smallest absolute Gasteiger partial charge is 0.221 e. The summed E-state index contributed by atoms with van der Waals surface area (Å²) in [6, 6.07) is 17.7. The third-order valence-corrected chi connectivity index (χ3v) is 4.58. The molecule has 0 fully saturated rings. The molecule has 1 N–H and O–H groups in total. The van der Waals surface area contributed by atoms with Crippen LogP contribution in [0.1, 0.15) is 29.3 Å². The minimum Gasteiger partial charge on any atom is -0.349 e. The van der Waals surface area contributed by atoms with Crippen LogP contribution in [0.5, 0.6) is 0 Å². The SMILES string of the molecule is Cn1ccnc1CNC(=O)C[C@H](c1ccccc1)c1ccccc1Cl. The van der Waals surface area contributed by atoms with Gasteiger partial charge in [-0.05, 0) is 17.2 Å². The summed E-state index contributed by atoms with van der Waals surface area (Å²) in [5, 5.41) is 3.62. The highest BCUT2D eigenvalue weighted by Crippen LogP contribution is 2.32. The summed E-state index contributed by atoms with van der Waals surface area (Å²) in [7, 11) is 1.91. The molecule has 4 nitrogen and oxygen atoms in total. The van der Waals surface area contributed by atoms with E-state index in [0.29, 0.717) is 18.0 Å². The lowest BCUT2D eigenvalue weighted by molar-refractivity contribution is -0.121. The summed E-state index contributed by atoms with van der Waals surface area (Å²) in [4.78, 5) is 16.8. The molecular formula is C20H20ClN3O. The molecule has 128 valence electrons. The molecule has 0 aliphatic heterocycles. The molecule has 0 saturated heterocycles. The lowest BCUT2D eigenvalue weighted by atomic mass is 9.88. The van der Waals surface area contributed by atoms with Gasteiger partial charge in [0, 0.05) is 36.8 Å². The van der Waals surface area contributed by atoms with Crippen LogP contribution in [0.15, 0.2) is 67.0 Å². The van der Waals surface area contributed by atoms with E-state index in [9.17, 15) is 4.79 Å². The maximum Gasteiger partial charge on any atom is 0.221 e. The fourth-order valence-electron chi connectivity index (χ4n) is 2.85. The van der Waals surface area contributed by atoms with Crippen molar-refractivity contribution >= 4 is 17.5 Å². The number of benzene rings is 2. The number of halogens is 1. The van der Waals surface area contributed by atoms with Crippen molar-refractivity contribution in [2.24, 2.45) is 7.05 Å². The van der Waals surface area contributed by atoms with Gasteiger partial charge in [-0.25, -0.2) is 4.98 Å². The number of carbonyl (C=O) groups excluding carboxylic acids is 1. The molecule has 0 spiro atoms. The molecule has 25 heavy (non-hydrogen) atoms. The number of nitrogens with zero attached hydrogens (tertiary/aromatic N) is 2. The van der Waals surface area contributed by atoms with Gasteiger partial charge in [0.2, 0.25) is 5.91 Å². The number of carbonyl (C=O) groups is 1. The van der Waals surface area contributed by atoms with Crippen molar-refractivity contribution in [1.82, 2.24) is 14.9 Å². The molecule has 3 rings (SSSR count). The average Bonchev–Trinajstić information content (AvgIpc) is 3.04. The van der Waals surface area contributed by atoms with E-state index in [1.807, 2.05) is 72.4 Å². The number of amides is 1. The predicted molar refractivity (Wildman–Crippen MR) is 99.4 cm³/mol. The quantitative estimate of drug-likeness (QED) is 0.730. The van der Waals surface area contributed by atoms with Gasteiger partial charge in [-0.2, -0.15) is 0 Å². The van der Waals surface area contributed by atoms with Gasteiger partial charge in [0.25, 0.3) is 0 Å². The second-order valence-corrected chi connectivity index (χ2v) is 6.33. The molecule has 1 amide bonds. The minimum atomic E-state index is -0.0868. The van der Waals surface area contributed by atoms with Crippen LogP contribution in [-0.4, -0.2) is 15.5 Å². The van der Waals surface area contributed by atoms with Crippen molar-refractivity contribution in [3.05, 3.63) is 89.0 Å². The number of hydrogen-bond donors (Lipinski definition) is 1. The third-order valence-electron chi connectivity index (χ3n) is 4.24. The highest BCUT2D eigenvalue weighted by molar-refractivity contribution is 6.31. The summed E-state index contributed by atoms with van der Waals surface area (Å²) in [6.45, 7) is 0.409. The number of hydrogen-bond acceptors (Lipinski definition) is 2. The van der Waals surface area contributed by atoms with Crippen LogP contribution >= 0.6 is 11.6 Å². The van der Waals surface area contributed by atoms with Crippen LogP contribution in [0.25, 0.3) is 0 Å². The van der Waals surface area contributed by atoms with E-state index in [0.717, 1.165) is 17.0 Å². The molecule has 0 radical (unpaired) electrons. The fraction of sp³-hybridized carbons (Fsp3) is 0.200. The topological polar surface area (TPSA) is 46.9 Å². The molecule has 0 aliphatic rings. The molecule has 5 heteroatoms. The molecule has 0 saturated carbocycles. The zero-order valence-electron chi connectivity index (χ0n) is 14.0. The van der Waals surface area contributed by atoms with Crippen LogP contribution in [0, 0.1) is 0 Å². The molecule has 0 bridgehead atoms. The standard InChI is InChI=1S/C20H20ClN3O/c1-24-12-11-22-19(24)14-23-20(25)13-17(15-7-3-2-4-8-15)16-9-5-6-10-18(16)21/h2-12,17H,13-14H2,1H3,(H,23,25)/t17-/m1/s1.